The van der Waals surface area contributed by atoms with Gasteiger partial charge in [-0.05, 0) is 0 Å². The fraction of sp³-hybridized carbons (Fsp3) is 0.130. The molecule has 1 aliphatic carbocycles. The molecular formula is C23H22PSn. The van der Waals surface area contributed by atoms with E-state index < -0.39 is 27.7 Å². The van der Waals surface area contributed by atoms with E-state index >= 15 is 0 Å². The summed E-state index contributed by atoms with van der Waals surface area (Å²) in [7, 11) is -0.429. The van der Waals surface area contributed by atoms with Crippen LogP contribution in [0.1, 0.15) is 16.8 Å². The molecule has 0 saturated carbocycles. The summed E-state index contributed by atoms with van der Waals surface area (Å²) in [5.41, 5.74) is 3.54. The van der Waals surface area contributed by atoms with Crippen LogP contribution in [0.4, 0.5) is 0 Å². The summed E-state index contributed by atoms with van der Waals surface area (Å²) < 4.78 is 1.77. The third-order valence-corrected chi connectivity index (χ3v) is 12.8. The standard InChI is InChI=1S/C21H16P.2CH3.Sn/c1-3-10-18(11-4-1)22(19-12-5-2-6-13-19)21-16-15-17-9-7-8-14-20(17)21;;;/h1-15,21H;2*1H3;. The second-order valence-electron chi connectivity index (χ2n) is 6.67. The van der Waals surface area contributed by atoms with Crippen molar-refractivity contribution in [3.8, 4) is 0 Å². The number of allylic oxidation sites excluding steroid dienone is 1. The third-order valence-electron chi connectivity index (χ3n) is 4.80. The fourth-order valence-corrected chi connectivity index (χ4v) is 12.5. The average molecular weight is 448 g/mol. The molecule has 0 aromatic heterocycles. The first-order valence-corrected chi connectivity index (χ1v) is 17.3. The molecule has 25 heavy (non-hydrogen) atoms. The molecule has 0 saturated heterocycles. The number of hydrogen-bond acceptors (Lipinski definition) is 0. The van der Waals surface area contributed by atoms with E-state index in [1.165, 1.54) is 21.7 Å². The Morgan fingerprint density at radius 3 is 1.76 bits per heavy atom. The molecule has 3 aromatic carbocycles. The van der Waals surface area contributed by atoms with Gasteiger partial charge in [0.05, 0.1) is 0 Å². The van der Waals surface area contributed by atoms with E-state index in [1.807, 2.05) is 0 Å². The van der Waals surface area contributed by atoms with Crippen molar-refractivity contribution < 1.29 is 0 Å². The zero-order chi connectivity index (χ0) is 17.2. The van der Waals surface area contributed by atoms with Gasteiger partial charge < -0.3 is 0 Å². The molecule has 0 fully saturated rings. The van der Waals surface area contributed by atoms with Crippen LogP contribution >= 0.6 is 7.92 Å². The second-order valence-corrected chi connectivity index (χ2v) is 16.3. The molecule has 1 atom stereocenters. The van der Waals surface area contributed by atoms with E-state index in [4.69, 9.17) is 0 Å². The van der Waals surface area contributed by atoms with Crippen molar-refractivity contribution in [3.05, 3.63) is 99.6 Å². The Kier molecular flexibility index (Phi) is 5.10. The summed E-state index contributed by atoms with van der Waals surface area (Å²) in [6, 6.07) is 31.4. The van der Waals surface area contributed by atoms with Crippen LogP contribution < -0.4 is 10.6 Å². The van der Waals surface area contributed by atoms with Gasteiger partial charge in [-0.25, -0.2) is 0 Å². The normalized spacial score (nSPS) is 16.2. The van der Waals surface area contributed by atoms with E-state index in [-0.39, 0.29) is 0 Å². The van der Waals surface area contributed by atoms with E-state index in [2.05, 4.69) is 101 Å². The molecule has 4 rings (SSSR count). The van der Waals surface area contributed by atoms with Gasteiger partial charge in [0, 0.05) is 0 Å². The van der Waals surface area contributed by atoms with Crippen LogP contribution in [-0.4, -0.2) is 19.8 Å². The molecule has 123 valence electrons. The van der Waals surface area contributed by atoms with Crippen molar-refractivity contribution in [2.24, 2.45) is 0 Å². The minimum atomic E-state index is -1.49. The summed E-state index contributed by atoms with van der Waals surface area (Å²) in [6.45, 7) is 0. The Hall–Kier alpha value is -1.37. The predicted molar refractivity (Wildman–Crippen MR) is 114 cm³/mol. The van der Waals surface area contributed by atoms with E-state index in [1.54, 1.807) is 3.59 Å². The topological polar surface area (TPSA) is 0 Å². The number of hydrogen-bond donors (Lipinski definition) is 0. The van der Waals surface area contributed by atoms with Crippen molar-refractivity contribution in [3.63, 3.8) is 0 Å². The monoisotopic (exact) mass is 449 g/mol. The minimum absolute atomic E-state index is 0.429. The quantitative estimate of drug-likeness (QED) is 0.363. The van der Waals surface area contributed by atoms with Gasteiger partial charge in [0.15, 0.2) is 0 Å². The van der Waals surface area contributed by atoms with Crippen LogP contribution in [0, 0.1) is 0 Å². The van der Waals surface area contributed by atoms with Gasteiger partial charge in [-0.1, -0.05) is 0 Å². The number of benzene rings is 3. The first-order chi connectivity index (χ1) is 12.3. The summed E-state index contributed by atoms with van der Waals surface area (Å²) in [5.74, 6) is 0. The molecule has 0 heterocycles. The maximum absolute atomic E-state index is 2.52. The van der Waals surface area contributed by atoms with Gasteiger partial charge in [-0.15, -0.1) is 0 Å². The van der Waals surface area contributed by atoms with Gasteiger partial charge in [-0.2, -0.15) is 0 Å². The van der Waals surface area contributed by atoms with Crippen LogP contribution in [0.25, 0.3) is 6.08 Å². The van der Waals surface area contributed by atoms with Crippen LogP contribution in [0.5, 0.6) is 0 Å². The first kappa shape index (κ1) is 17.1. The molecule has 1 unspecified atom stereocenters. The molecule has 1 aliphatic rings. The van der Waals surface area contributed by atoms with Crippen LogP contribution in [-0.2, 0) is 0 Å². The Labute approximate surface area is 159 Å². The number of fused-ring (bicyclic) bond motifs is 1. The Morgan fingerprint density at radius 2 is 1.20 bits per heavy atom. The van der Waals surface area contributed by atoms with Gasteiger partial charge >= 0.3 is 160 Å². The van der Waals surface area contributed by atoms with Gasteiger partial charge in [-0.3, -0.25) is 0 Å². The van der Waals surface area contributed by atoms with Gasteiger partial charge in [0.25, 0.3) is 0 Å². The third kappa shape index (κ3) is 3.35. The van der Waals surface area contributed by atoms with Crippen LogP contribution in [0.3, 0.4) is 0 Å². The molecule has 2 heteroatoms. The van der Waals surface area contributed by atoms with Crippen molar-refractivity contribution in [1.29, 1.82) is 0 Å². The summed E-state index contributed by atoms with van der Waals surface area (Å²) in [4.78, 5) is 5.05. The predicted octanol–water partition coefficient (Wildman–Crippen LogP) is 5.55. The number of rotatable bonds is 4. The SMILES string of the molecule is [CH3][Sn]([CH3])[C]1=Cc2ccccc2C1P(c1ccccc1)c1ccccc1. The van der Waals surface area contributed by atoms with Crippen LogP contribution in [0.2, 0.25) is 9.88 Å². The fourth-order valence-electron chi connectivity index (χ4n) is 3.63. The Bertz CT molecular complexity index is 845. The zero-order valence-electron chi connectivity index (χ0n) is 14.7. The molecule has 0 amide bonds. The van der Waals surface area contributed by atoms with Crippen LogP contribution in [0.15, 0.2) is 88.5 Å². The van der Waals surface area contributed by atoms with Gasteiger partial charge in [0.2, 0.25) is 0 Å². The molecule has 1 radical (unpaired) electrons. The molecule has 0 nitrogen and oxygen atoms in total. The molecule has 0 aliphatic heterocycles. The van der Waals surface area contributed by atoms with Crippen molar-refractivity contribution in [1.82, 2.24) is 0 Å². The van der Waals surface area contributed by atoms with Crippen molar-refractivity contribution >= 4 is 44.4 Å². The molecule has 0 spiro atoms. The Morgan fingerprint density at radius 1 is 0.680 bits per heavy atom. The maximum atomic E-state index is 2.52. The van der Waals surface area contributed by atoms with Crippen molar-refractivity contribution in [2.75, 3.05) is 0 Å². The molecule has 0 N–H and O–H groups in total. The van der Waals surface area contributed by atoms with E-state index in [9.17, 15) is 0 Å². The van der Waals surface area contributed by atoms with Crippen molar-refractivity contribution in [2.45, 2.75) is 15.5 Å². The Balaban J connectivity index is 1.91. The molecule has 3 aromatic rings. The second kappa shape index (κ2) is 7.48. The molecular weight excluding hydrogens is 426 g/mol. The van der Waals surface area contributed by atoms with E-state index in [0.717, 1.165) is 0 Å². The first-order valence-electron chi connectivity index (χ1n) is 8.76. The average Bonchev–Trinajstić information content (AvgIpc) is 3.04. The summed E-state index contributed by atoms with van der Waals surface area (Å²) in [6.07, 6.45) is 2.52. The molecule has 0 bridgehead atoms. The summed E-state index contributed by atoms with van der Waals surface area (Å²) >= 11 is -1.49. The van der Waals surface area contributed by atoms with Gasteiger partial charge in [0.1, 0.15) is 0 Å². The summed E-state index contributed by atoms with van der Waals surface area (Å²) in [5, 5.41) is 2.97. The van der Waals surface area contributed by atoms with E-state index in [0.29, 0.717) is 5.66 Å². The zero-order valence-corrected chi connectivity index (χ0v) is 18.4.